The fourth-order valence-corrected chi connectivity index (χ4v) is 1.49. The Bertz CT molecular complexity index is 150. The van der Waals surface area contributed by atoms with Gasteiger partial charge >= 0.3 is 0 Å². The number of hydrogen-bond acceptors (Lipinski definition) is 2. The SMILES string of the molecule is C#CCOC1CCCCC1N. The lowest BCUT2D eigenvalue weighted by atomic mass is 9.93. The van der Waals surface area contributed by atoms with Crippen LogP contribution in [0.25, 0.3) is 0 Å². The topological polar surface area (TPSA) is 35.2 Å². The van der Waals surface area contributed by atoms with Crippen molar-refractivity contribution in [3.63, 3.8) is 0 Å². The van der Waals surface area contributed by atoms with Crippen LogP contribution in [-0.2, 0) is 4.74 Å². The number of rotatable bonds is 2. The third-order valence-electron chi connectivity index (χ3n) is 2.13. The third-order valence-corrected chi connectivity index (χ3v) is 2.13. The molecule has 0 saturated heterocycles. The summed E-state index contributed by atoms with van der Waals surface area (Å²) < 4.78 is 5.38. The van der Waals surface area contributed by atoms with E-state index in [0.29, 0.717) is 6.61 Å². The van der Waals surface area contributed by atoms with E-state index in [0.717, 1.165) is 12.8 Å². The van der Waals surface area contributed by atoms with Gasteiger partial charge in [0, 0.05) is 6.04 Å². The maximum absolute atomic E-state index is 5.83. The summed E-state index contributed by atoms with van der Waals surface area (Å²) in [6, 6.07) is 0.206. The molecule has 0 bridgehead atoms. The summed E-state index contributed by atoms with van der Waals surface area (Å²) in [6.45, 7) is 0.401. The van der Waals surface area contributed by atoms with Crippen molar-refractivity contribution in [3.8, 4) is 12.3 Å². The lowest BCUT2D eigenvalue weighted by Gasteiger charge is -2.27. The minimum atomic E-state index is 0.206. The molecule has 11 heavy (non-hydrogen) atoms. The molecule has 1 fully saturated rings. The molecular weight excluding hydrogens is 138 g/mol. The Morgan fingerprint density at radius 1 is 1.45 bits per heavy atom. The summed E-state index contributed by atoms with van der Waals surface area (Å²) in [4.78, 5) is 0. The second-order valence-electron chi connectivity index (χ2n) is 3.00. The van der Waals surface area contributed by atoms with E-state index in [1.165, 1.54) is 12.8 Å². The Hall–Kier alpha value is -0.520. The highest BCUT2D eigenvalue weighted by molar-refractivity contribution is 4.86. The fraction of sp³-hybridized carbons (Fsp3) is 0.778. The second-order valence-corrected chi connectivity index (χ2v) is 3.00. The van der Waals surface area contributed by atoms with E-state index in [9.17, 15) is 0 Å². The van der Waals surface area contributed by atoms with Crippen LogP contribution < -0.4 is 5.73 Å². The lowest BCUT2D eigenvalue weighted by Crippen LogP contribution is -2.39. The molecule has 2 nitrogen and oxygen atoms in total. The van der Waals surface area contributed by atoms with Gasteiger partial charge in [0.25, 0.3) is 0 Å². The average Bonchev–Trinajstić information content (AvgIpc) is 2.03. The highest BCUT2D eigenvalue weighted by atomic mass is 16.5. The summed E-state index contributed by atoms with van der Waals surface area (Å²) in [7, 11) is 0. The molecule has 0 radical (unpaired) electrons. The minimum absolute atomic E-state index is 0.206. The van der Waals surface area contributed by atoms with Crippen molar-refractivity contribution in [2.24, 2.45) is 5.73 Å². The van der Waals surface area contributed by atoms with Crippen LogP contribution in [0.3, 0.4) is 0 Å². The van der Waals surface area contributed by atoms with Crippen LogP contribution in [-0.4, -0.2) is 18.8 Å². The molecular formula is C9H15NO. The number of nitrogens with two attached hydrogens (primary N) is 1. The Morgan fingerprint density at radius 2 is 2.18 bits per heavy atom. The van der Waals surface area contributed by atoms with Gasteiger partial charge in [-0.1, -0.05) is 18.8 Å². The van der Waals surface area contributed by atoms with Gasteiger partial charge in [0.15, 0.2) is 0 Å². The number of terminal acetylenes is 1. The zero-order valence-corrected chi connectivity index (χ0v) is 6.75. The van der Waals surface area contributed by atoms with E-state index in [1.807, 2.05) is 0 Å². The monoisotopic (exact) mass is 153 g/mol. The first-order chi connectivity index (χ1) is 5.34. The molecule has 2 N–H and O–H groups in total. The van der Waals surface area contributed by atoms with Crippen LogP contribution in [0.4, 0.5) is 0 Å². The Labute approximate surface area is 68.1 Å². The summed E-state index contributed by atoms with van der Waals surface area (Å²) in [5, 5.41) is 0. The lowest BCUT2D eigenvalue weighted by molar-refractivity contribution is 0.0348. The largest absolute Gasteiger partial charge is 0.364 e. The first-order valence-electron chi connectivity index (χ1n) is 4.15. The second kappa shape index (κ2) is 4.38. The van der Waals surface area contributed by atoms with Gasteiger partial charge < -0.3 is 10.5 Å². The summed E-state index contributed by atoms with van der Waals surface area (Å²) in [5.74, 6) is 2.46. The van der Waals surface area contributed by atoms with Crippen LogP contribution in [0, 0.1) is 12.3 Å². The molecule has 0 heterocycles. The number of hydrogen-bond donors (Lipinski definition) is 1. The molecule has 2 unspecified atom stereocenters. The highest BCUT2D eigenvalue weighted by Gasteiger charge is 2.21. The van der Waals surface area contributed by atoms with Crippen LogP contribution >= 0.6 is 0 Å². The molecule has 2 atom stereocenters. The maximum Gasteiger partial charge on any atom is 0.107 e. The molecule has 0 aromatic carbocycles. The zero-order chi connectivity index (χ0) is 8.10. The zero-order valence-electron chi connectivity index (χ0n) is 6.75. The molecule has 0 amide bonds. The third kappa shape index (κ3) is 2.53. The Kier molecular flexibility index (Phi) is 3.41. The van der Waals surface area contributed by atoms with Crippen LogP contribution in [0.5, 0.6) is 0 Å². The Balaban J connectivity index is 2.25. The normalized spacial score (nSPS) is 31.3. The predicted molar refractivity (Wildman–Crippen MR) is 45.0 cm³/mol. The summed E-state index contributed by atoms with van der Waals surface area (Å²) >= 11 is 0. The fourth-order valence-electron chi connectivity index (χ4n) is 1.49. The predicted octanol–water partition coefficient (Wildman–Crippen LogP) is 0.906. The summed E-state index contributed by atoms with van der Waals surface area (Å²) in [6.07, 6.45) is 9.89. The van der Waals surface area contributed by atoms with Crippen molar-refractivity contribution in [3.05, 3.63) is 0 Å². The molecule has 62 valence electrons. The van der Waals surface area contributed by atoms with Gasteiger partial charge in [0.1, 0.15) is 6.61 Å². The van der Waals surface area contributed by atoms with Gasteiger partial charge in [-0.05, 0) is 12.8 Å². The van der Waals surface area contributed by atoms with Gasteiger partial charge in [-0.15, -0.1) is 6.42 Å². The maximum atomic E-state index is 5.83. The smallest absolute Gasteiger partial charge is 0.107 e. The van der Waals surface area contributed by atoms with Crippen molar-refractivity contribution < 1.29 is 4.74 Å². The average molecular weight is 153 g/mol. The van der Waals surface area contributed by atoms with E-state index >= 15 is 0 Å². The molecule has 1 aliphatic carbocycles. The Morgan fingerprint density at radius 3 is 2.82 bits per heavy atom. The summed E-state index contributed by atoms with van der Waals surface area (Å²) in [5.41, 5.74) is 5.83. The van der Waals surface area contributed by atoms with Gasteiger partial charge in [-0.3, -0.25) is 0 Å². The van der Waals surface area contributed by atoms with E-state index in [1.54, 1.807) is 0 Å². The van der Waals surface area contributed by atoms with Gasteiger partial charge in [-0.25, -0.2) is 0 Å². The first-order valence-corrected chi connectivity index (χ1v) is 4.15. The first kappa shape index (κ1) is 8.58. The van der Waals surface area contributed by atoms with Crippen LogP contribution in [0.2, 0.25) is 0 Å². The molecule has 1 aliphatic rings. The molecule has 1 rings (SSSR count). The van der Waals surface area contributed by atoms with Crippen molar-refractivity contribution >= 4 is 0 Å². The number of ether oxygens (including phenoxy) is 1. The molecule has 0 aromatic rings. The van der Waals surface area contributed by atoms with Crippen molar-refractivity contribution in [2.45, 2.75) is 37.8 Å². The van der Waals surface area contributed by atoms with Gasteiger partial charge in [0.05, 0.1) is 6.10 Å². The standard InChI is InChI=1S/C9H15NO/c1-2-7-11-9-6-4-3-5-8(9)10/h1,8-9H,3-7,10H2. The molecule has 2 heteroatoms. The van der Waals surface area contributed by atoms with E-state index < -0.39 is 0 Å². The van der Waals surface area contributed by atoms with E-state index in [4.69, 9.17) is 16.9 Å². The highest BCUT2D eigenvalue weighted by Crippen LogP contribution is 2.19. The van der Waals surface area contributed by atoms with Gasteiger partial charge in [-0.2, -0.15) is 0 Å². The van der Waals surface area contributed by atoms with E-state index in [-0.39, 0.29) is 12.1 Å². The quantitative estimate of drug-likeness (QED) is 0.598. The van der Waals surface area contributed by atoms with Gasteiger partial charge in [0.2, 0.25) is 0 Å². The molecule has 0 aliphatic heterocycles. The minimum Gasteiger partial charge on any atom is -0.364 e. The van der Waals surface area contributed by atoms with Crippen molar-refractivity contribution in [2.75, 3.05) is 6.61 Å². The van der Waals surface area contributed by atoms with Crippen molar-refractivity contribution in [1.29, 1.82) is 0 Å². The molecule has 1 saturated carbocycles. The van der Waals surface area contributed by atoms with Crippen molar-refractivity contribution in [1.82, 2.24) is 0 Å². The van der Waals surface area contributed by atoms with Crippen LogP contribution in [0.15, 0.2) is 0 Å². The molecule has 0 spiro atoms. The van der Waals surface area contributed by atoms with E-state index in [2.05, 4.69) is 5.92 Å². The van der Waals surface area contributed by atoms with Crippen LogP contribution in [0.1, 0.15) is 25.7 Å². The molecule has 0 aromatic heterocycles.